The Labute approximate surface area is 151 Å². The van der Waals surface area contributed by atoms with Gasteiger partial charge in [0.05, 0.1) is 17.4 Å². The molecule has 1 saturated carbocycles. The quantitative estimate of drug-likeness (QED) is 0.575. The summed E-state index contributed by atoms with van der Waals surface area (Å²) in [5.74, 6) is -0.754. The largest absolute Gasteiger partial charge is 0.365 e. The third kappa shape index (κ3) is 4.08. The number of nitrogens with zero attached hydrogens (tertiary/aromatic N) is 2. The third-order valence-electron chi connectivity index (χ3n) is 4.53. The van der Waals surface area contributed by atoms with Crippen LogP contribution in [0.25, 0.3) is 0 Å². The van der Waals surface area contributed by atoms with Crippen molar-refractivity contribution in [3.8, 4) is 0 Å². The molecule has 0 aromatic carbocycles. The van der Waals surface area contributed by atoms with E-state index in [1.807, 2.05) is 6.92 Å². The van der Waals surface area contributed by atoms with Crippen molar-refractivity contribution in [3.05, 3.63) is 42.0 Å². The number of carbonyl (C=O) groups excluding carboxylic acids is 1. The molecule has 2 aromatic heterocycles. The highest BCUT2D eigenvalue weighted by molar-refractivity contribution is 5.98. The second-order valence-electron chi connectivity index (χ2n) is 6.53. The molecule has 6 N–H and O–H groups in total. The number of amides is 1. The van der Waals surface area contributed by atoms with Crippen LogP contribution in [0, 0.1) is 11.7 Å². The van der Waals surface area contributed by atoms with E-state index in [1.54, 1.807) is 24.5 Å². The molecule has 0 aliphatic heterocycles. The summed E-state index contributed by atoms with van der Waals surface area (Å²) in [5, 5.41) is 6.10. The summed E-state index contributed by atoms with van der Waals surface area (Å²) in [6.45, 7) is 2.00. The summed E-state index contributed by atoms with van der Waals surface area (Å²) < 4.78 is 14.5. The van der Waals surface area contributed by atoms with Gasteiger partial charge in [-0.05, 0) is 43.4 Å². The number of nitrogens with one attached hydrogen (secondary N) is 2. The fraction of sp³-hybridized carbons (Fsp3) is 0.389. The number of nitrogens with two attached hydrogens (primary N) is 2. The van der Waals surface area contributed by atoms with Gasteiger partial charge in [-0.1, -0.05) is 6.92 Å². The first-order chi connectivity index (χ1) is 12.5. The van der Waals surface area contributed by atoms with E-state index in [4.69, 9.17) is 11.5 Å². The Bertz CT molecular complexity index is 781. The summed E-state index contributed by atoms with van der Waals surface area (Å²) in [6, 6.07) is 4.42. The van der Waals surface area contributed by atoms with Gasteiger partial charge in [-0.3, -0.25) is 9.78 Å². The molecule has 0 bridgehead atoms. The maximum Gasteiger partial charge on any atom is 0.252 e. The van der Waals surface area contributed by atoms with Crippen LogP contribution in [-0.4, -0.2) is 28.0 Å². The van der Waals surface area contributed by atoms with Gasteiger partial charge < -0.3 is 22.1 Å². The van der Waals surface area contributed by atoms with Gasteiger partial charge in [0, 0.05) is 18.3 Å². The van der Waals surface area contributed by atoms with Crippen molar-refractivity contribution >= 4 is 23.2 Å². The minimum atomic E-state index is -0.765. The van der Waals surface area contributed by atoms with Gasteiger partial charge in [0.25, 0.3) is 5.91 Å². The molecule has 2 aromatic rings. The Balaban J connectivity index is 1.92. The van der Waals surface area contributed by atoms with Gasteiger partial charge in [-0.15, -0.1) is 0 Å². The molecule has 0 unspecified atom stereocenters. The van der Waals surface area contributed by atoms with Gasteiger partial charge in [0.2, 0.25) is 0 Å². The number of hydrogen-bond donors (Lipinski definition) is 4. The van der Waals surface area contributed by atoms with Crippen LogP contribution in [0.2, 0.25) is 0 Å². The van der Waals surface area contributed by atoms with Crippen LogP contribution in [0.4, 0.5) is 21.7 Å². The molecule has 3 rings (SSSR count). The maximum absolute atomic E-state index is 14.5. The summed E-state index contributed by atoms with van der Waals surface area (Å²) >= 11 is 0. The van der Waals surface area contributed by atoms with Crippen molar-refractivity contribution < 1.29 is 9.18 Å². The Morgan fingerprint density at radius 3 is 2.77 bits per heavy atom. The zero-order valence-electron chi connectivity index (χ0n) is 14.6. The highest BCUT2D eigenvalue weighted by atomic mass is 19.1. The number of aromatic nitrogens is 2. The Morgan fingerprint density at radius 2 is 2.19 bits per heavy atom. The molecule has 26 heavy (non-hydrogen) atoms. The molecular formula is C18H23FN6O. The zero-order chi connectivity index (χ0) is 18.7. The molecule has 1 aliphatic rings. The van der Waals surface area contributed by atoms with Crippen molar-refractivity contribution in [1.29, 1.82) is 0 Å². The van der Waals surface area contributed by atoms with Crippen LogP contribution in [0.5, 0.6) is 0 Å². The van der Waals surface area contributed by atoms with Crippen LogP contribution in [0.1, 0.15) is 36.5 Å². The number of rotatable bonds is 8. The van der Waals surface area contributed by atoms with E-state index in [1.165, 1.54) is 0 Å². The van der Waals surface area contributed by atoms with E-state index in [9.17, 15) is 9.18 Å². The summed E-state index contributed by atoms with van der Waals surface area (Å²) in [7, 11) is 0. The van der Waals surface area contributed by atoms with E-state index in [2.05, 4.69) is 20.6 Å². The second kappa shape index (κ2) is 7.65. The van der Waals surface area contributed by atoms with Crippen LogP contribution >= 0.6 is 0 Å². The molecule has 1 amide bonds. The Kier molecular flexibility index (Phi) is 5.32. The first-order valence-electron chi connectivity index (χ1n) is 8.69. The Morgan fingerprint density at radius 1 is 1.42 bits per heavy atom. The molecule has 0 saturated heterocycles. The first kappa shape index (κ1) is 18.1. The van der Waals surface area contributed by atoms with Crippen LogP contribution in [0.3, 0.4) is 0 Å². The minimum absolute atomic E-state index is 0.0281. The number of pyridine rings is 2. The number of halogens is 1. The van der Waals surface area contributed by atoms with E-state index >= 15 is 0 Å². The maximum atomic E-state index is 14.5. The van der Waals surface area contributed by atoms with Crippen molar-refractivity contribution in [2.75, 3.05) is 10.6 Å². The van der Waals surface area contributed by atoms with Crippen molar-refractivity contribution in [3.63, 3.8) is 0 Å². The number of carbonyl (C=O) groups is 1. The second-order valence-corrected chi connectivity index (χ2v) is 6.53. The van der Waals surface area contributed by atoms with Crippen molar-refractivity contribution in [2.45, 2.75) is 38.3 Å². The lowest BCUT2D eigenvalue weighted by atomic mass is 10.0. The average Bonchev–Trinajstić information content (AvgIpc) is 3.46. The molecular weight excluding hydrogens is 335 g/mol. The molecule has 0 spiro atoms. The third-order valence-corrected chi connectivity index (χ3v) is 4.53. The highest BCUT2D eigenvalue weighted by Crippen LogP contribution is 2.36. The molecule has 8 heteroatoms. The van der Waals surface area contributed by atoms with Gasteiger partial charge in [-0.25, -0.2) is 9.37 Å². The Hall–Kier alpha value is -2.74. The van der Waals surface area contributed by atoms with Gasteiger partial charge in [0.15, 0.2) is 11.6 Å². The molecule has 2 atom stereocenters. The van der Waals surface area contributed by atoms with Crippen LogP contribution in [0.15, 0.2) is 30.6 Å². The summed E-state index contributed by atoms with van der Waals surface area (Å²) in [4.78, 5) is 20.0. The minimum Gasteiger partial charge on any atom is -0.365 e. The van der Waals surface area contributed by atoms with Gasteiger partial charge in [-0.2, -0.15) is 0 Å². The molecule has 0 radical (unpaired) electrons. The fourth-order valence-corrected chi connectivity index (χ4v) is 2.89. The van der Waals surface area contributed by atoms with Gasteiger partial charge >= 0.3 is 0 Å². The lowest BCUT2D eigenvalue weighted by Gasteiger charge is -2.25. The normalized spacial score (nSPS) is 16.0. The van der Waals surface area contributed by atoms with Crippen LogP contribution in [-0.2, 0) is 0 Å². The molecule has 1 aliphatic carbocycles. The number of hydrogen-bond acceptors (Lipinski definition) is 6. The number of primary amides is 1. The van der Waals surface area contributed by atoms with Crippen LogP contribution < -0.4 is 22.1 Å². The highest BCUT2D eigenvalue weighted by Gasteiger charge is 2.35. The lowest BCUT2D eigenvalue weighted by Crippen LogP contribution is -2.42. The first-order valence-corrected chi connectivity index (χ1v) is 8.69. The SMILES string of the molecule is CC[C@H](N)[C@H](Nc1nc(Nc2cccnc2)c(C(N)=O)cc1F)C1CC1. The van der Waals surface area contributed by atoms with E-state index < -0.39 is 11.7 Å². The van der Waals surface area contributed by atoms with Crippen molar-refractivity contribution in [1.82, 2.24) is 9.97 Å². The summed E-state index contributed by atoms with van der Waals surface area (Å²) in [5.41, 5.74) is 12.1. The fourth-order valence-electron chi connectivity index (χ4n) is 2.89. The number of anilines is 3. The van der Waals surface area contributed by atoms with Gasteiger partial charge in [0.1, 0.15) is 5.82 Å². The predicted octanol–water partition coefficient (Wildman–Crippen LogP) is 2.39. The predicted molar refractivity (Wildman–Crippen MR) is 98.6 cm³/mol. The topological polar surface area (TPSA) is 119 Å². The van der Waals surface area contributed by atoms with E-state index in [0.717, 1.165) is 25.3 Å². The zero-order valence-corrected chi connectivity index (χ0v) is 14.6. The molecule has 1 fully saturated rings. The molecule has 2 heterocycles. The van der Waals surface area contributed by atoms with E-state index in [0.29, 0.717) is 11.6 Å². The molecule has 7 nitrogen and oxygen atoms in total. The average molecular weight is 358 g/mol. The van der Waals surface area contributed by atoms with Crippen molar-refractivity contribution in [2.24, 2.45) is 17.4 Å². The standard InChI is InChI=1S/C18H23FN6O/c1-2-14(20)15(10-5-6-10)24-18-13(19)8-12(16(21)26)17(25-18)23-11-4-3-7-22-9-11/h3-4,7-10,14-15H,2,5-6,20H2,1H3,(H2,21,26)(H2,23,24,25)/t14-,15+/m0/s1. The monoisotopic (exact) mass is 358 g/mol. The van der Waals surface area contributed by atoms with E-state index in [-0.39, 0.29) is 29.3 Å². The molecule has 138 valence electrons. The summed E-state index contributed by atoms with van der Waals surface area (Å²) in [6.07, 6.45) is 6.09. The lowest BCUT2D eigenvalue weighted by molar-refractivity contribution is 0.100. The smallest absolute Gasteiger partial charge is 0.252 e.